The van der Waals surface area contributed by atoms with Crippen molar-refractivity contribution in [2.75, 3.05) is 13.7 Å². The zero-order chi connectivity index (χ0) is 12.8. The van der Waals surface area contributed by atoms with Crippen LogP contribution in [0.4, 0.5) is 4.39 Å². The summed E-state index contributed by atoms with van der Waals surface area (Å²) in [6.07, 6.45) is 0.406. The molecule has 0 amide bonds. The molecular formula is C13H18BrFO2. The molecular weight excluding hydrogens is 287 g/mol. The van der Waals surface area contributed by atoms with Crippen molar-refractivity contribution < 1.29 is 14.2 Å². The Hall–Kier alpha value is -0.450. The Labute approximate surface area is 110 Å². The highest BCUT2D eigenvalue weighted by atomic mass is 79.9. The van der Waals surface area contributed by atoms with Gasteiger partial charge in [-0.05, 0) is 36.1 Å². The van der Waals surface area contributed by atoms with Gasteiger partial charge in [-0.2, -0.15) is 0 Å². The fourth-order valence-electron chi connectivity index (χ4n) is 1.85. The fourth-order valence-corrected chi connectivity index (χ4v) is 2.26. The maximum atomic E-state index is 13.5. The van der Waals surface area contributed by atoms with E-state index >= 15 is 0 Å². The van der Waals surface area contributed by atoms with Gasteiger partial charge >= 0.3 is 0 Å². The molecule has 1 aromatic carbocycles. The van der Waals surface area contributed by atoms with Crippen molar-refractivity contribution in [3.05, 3.63) is 34.1 Å². The van der Waals surface area contributed by atoms with Crippen LogP contribution in [0.25, 0.3) is 0 Å². The molecule has 0 aliphatic rings. The van der Waals surface area contributed by atoms with Crippen LogP contribution in [0.15, 0.2) is 22.7 Å². The third kappa shape index (κ3) is 5.15. The molecule has 0 aliphatic carbocycles. The van der Waals surface area contributed by atoms with Crippen molar-refractivity contribution in [1.29, 1.82) is 0 Å². The van der Waals surface area contributed by atoms with E-state index in [4.69, 9.17) is 4.74 Å². The second-order valence-corrected chi connectivity index (χ2v) is 5.31. The second-order valence-electron chi connectivity index (χ2n) is 4.39. The second kappa shape index (κ2) is 7.09. The molecule has 0 bridgehead atoms. The predicted octanol–water partition coefficient (Wildman–Crippen LogP) is 3.16. The Kier molecular flexibility index (Phi) is 6.09. The number of benzene rings is 1. The van der Waals surface area contributed by atoms with Crippen LogP contribution in [0.2, 0.25) is 0 Å². The molecule has 0 heterocycles. The number of halogens is 2. The van der Waals surface area contributed by atoms with Crippen LogP contribution in [0.1, 0.15) is 18.9 Å². The molecule has 0 spiro atoms. The van der Waals surface area contributed by atoms with E-state index < -0.39 is 6.10 Å². The first-order valence-corrected chi connectivity index (χ1v) is 6.43. The molecule has 4 heteroatoms. The highest BCUT2D eigenvalue weighted by molar-refractivity contribution is 9.10. The van der Waals surface area contributed by atoms with Crippen LogP contribution in [0, 0.1) is 11.7 Å². The lowest BCUT2D eigenvalue weighted by Gasteiger charge is -2.16. The Bertz CT molecular complexity index is 357. The van der Waals surface area contributed by atoms with Gasteiger partial charge in [0, 0.05) is 24.6 Å². The zero-order valence-electron chi connectivity index (χ0n) is 10.1. The van der Waals surface area contributed by atoms with Gasteiger partial charge in [0.1, 0.15) is 5.82 Å². The number of aliphatic hydroxyl groups excluding tert-OH is 1. The first-order chi connectivity index (χ1) is 8.02. The quantitative estimate of drug-likeness (QED) is 0.875. The fraction of sp³-hybridized carbons (Fsp3) is 0.538. The number of ether oxygens (including phenoxy) is 1. The smallest absolute Gasteiger partial charge is 0.126 e. The zero-order valence-corrected chi connectivity index (χ0v) is 11.7. The minimum Gasteiger partial charge on any atom is -0.393 e. The van der Waals surface area contributed by atoms with Crippen molar-refractivity contribution in [3.63, 3.8) is 0 Å². The molecule has 0 radical (unpaired) electrons. The summed E-state index contributed by atoms with van der Waals surface area (Å²) in [5, 5.41) is 9.88. The number of rotatable bonds is 6. The molecule has 2 atom stereocenters. The Morgan fingerprint density at radius 3 is 2.82 bits per heavy atom. The summed E-state index contributed by atoms with van der Waals surface area (Å²) in [5.74, 6) is -0.00291. The Balaban J connectivity index is 2.55. The Morgan fingerprint density at radius 1 is 1.47 bits per heavy atom. The average molecular weight is 305 g/mol. The van der Waals surface area contributed by atoms with E-state index in [-0.39, 0.29) is 11.7 Å². The van der Waals surface area contributed by atoms with Crippen LogP contribution in [-0.2, 0) is 11.2 Å². The summed E-state index contributed by atoms with van der Waals surface area (Å²) in [6, 6.07) is 4.77. The molecule has 1 N–H and O–H groups in total. The van der Waals surface area contributed by atoms with Gasteiger partial charge < -0.3 is 9.84 Å². The third-order valence-corrected chi connectivity index (χ3v) is 3.08. The molecule has 0 saturated carbocycles. The summed E-state index contributed by atoms with van der Waals surface area (Å²) in [5.41, 5.74) is 0.538. The SMILES string of the molecule is COCC(C)CC(O)Cc1cc(Br)ccc1F. The lowest BCUT2D eigenvalue weighted by molar-refractivity contribution is 0.101. The molecule has 1 aromatic rings. The highest BCUT2D eigenvalue weighted by Crippen LogP contribution is 2.19. The van der Waals surface area contributed by atoms with Gasteiger partial charge in [-0.3, -0.25) is 0 Å². The first-order valence-electron chi connectivity index (χ1n) is 5.64. The molecule has 0 aromatic heterocycles. The monoisotopic (exact) mass is 304 g/mol. The normalized spacial score (nSPS) is 14.6. The van der Waals surface area contributed by atoms with Crippen molar-refractivity contribution in [3.8, 4) is 0 Å². The van der Waals surface area contributed by atoms with Gasteiger partial charge in [-0.25, -0.2) is 4.39 Å². The largest absolute Gasteiger partial charge is 0.393 e. The summed E-state index contributed by atoms with van der Waals surface area (Å²) < 4.78 is 19.3. The molecule has 2 nitrogen and oxygen atoms in total. The van der Waals surface area contributed by atoms with E-state index in [0.29, 0.717) is 25.0 Å². The van der Waals surface area contributed by atoms with Gasteiger partial charge in [0.15, 0.2) is 0 Å². The van der Waals surface area contributed by atoms with Crippen molar-refractivity contribution in [2.45, 2.75) is 25.9 Å². The summed E-state index contributed by atoms with van der Waals surface area (Å²) >= 11 is 3.29. The minimum absolute atomic E-state index is 0.269. The average Bonchev–Trinajstić information content (AvgIpc) is 2.23. The lowest BCUT2D eigenvalue weighted by atomic mass is 9.99. The molecule has 0 saturated heterocycles. The lowest BCUT2D eigenvalue weighted by Crippen LogP contribution is -2.18. The molecule has 96 valence electrons. The van der Waals surface area contributed by atoms with Crippen molar-refractivity contribution in [1.82, 2.24) is 0 Å². The Morgan fingerprint density at radius 2 is 2.18 bits per heavy atom. The number of aliphatic hydroxyl groups is 1. The number of hydrogen-bond donors (Lipinski definition) is 1. The topological polar surface area (TPSA) is 29.5 Å². The van der Waals surface area contributed by atoms with Crippen molar-refractivity contribution >= 4 is 15.9 Å². The van der Waals surface area contributed by atoms with E-state index in [2.05, 4.69) is 15.9 Å². The van der Waals surface area contributed by atoms with E-state index in [1.807, 2.05) is 6.92 Å². The molecule has 17 heavy (non-hydrogen) atoms. The third-order valence-electron chi connectivity index (χ3n) is 2.59. The summed E-state index contributed by atoms with van der Waals surface area (Å²) in [6.45, 7) is 2.61. The van der Waals surface area contributed by atoms with Crippen LogP contribution < -0.4 is 0 Å². The van der Waals surface area contributed by atoms with E-state index in [9.17, 15) is 9.50 Å². The van der Waals surface area contributed by atoms with E-state index in [0.717, 1.165) is 4.47 Å². The van der Waals surface area contributed by atoms with Crippen LogP contribution in [0.3, 0.4) is 0 Å². The molecule has 0 aliphatic heterocycles. The number of hydrogen-bond acceptors (Lipinski definition) is 2. The van der Waals surface area contributed by atoms with Crippen LogP contribution in [0.5, 0.6) is 0 Å². The predicted molar refractivity (Wildman–Crippen MR) is 69.5 cm³/mol. The minimum atomic E-state index is -0.538. The summed E-state index contributed by atoms with van der Waals surface area (Å²) in [7, 11) is 1.64. The van der Waals surface area contributed by atoms with Gasteiger partial charge in [-0.1, -0.05) is 22.9 Å². The maximum absolute atomic E-state index is 13.5. The number of methoxy groups -OCH3 is 1. The molecule has 0 fully saturated rings. The summed E-state index contributed by atoms with van der Waals surface area (Å²) in [4.78, 5) is 0. The van der Waals surface area contributed by atoms with Gasteiger partial charge in [0.2, 0.25) is 0 Å². The van der Waals surface area contributed by atoms with Gasteiger partial charge in [0.25, 0.3) is 0 Å². The first kappa shape index (κ1) is 14.6. The van der Waals surface area contributed by atoms with Gasteiger partial charge in [0.05, 0.1) is 6.10 Å². The van der Waals surface area contributed by atoms with E-state index in [1.54, 1.807) is 19.2 Å². The molecule has 1 rings (SSSR count). The van der Waals surface area contributed by atoms with Gasteiger partial charge in [-0.15, -0.1) is 0 Å². The standard InChI is InChI=1S/C13H18BrFO2/c1-9(8-17-2)5-12(16)7-10-6-11(14)3-4-13(10)15/h3-4,6,9,12,16H,5,7-8H2,1-2H3. The molecule has 2 unspecified atom stereocenters. The van der Waals surface area contributed by atoms with E-state index in [1.165, 1.54) is 6.07 Å². The maximum Gasteiger partial charge on any atom is 0.126 e. The van der Waals surface area contributed by atoms with Crippen LogP contribution >= 0.6 is 15.9 Å². The highest BCUT2D eigenvalue weighted by Gasteiger charge is 2.13. The van der Waals surface area contributed by atoms with Crippen molar-refractivity contribution in [2.24, 2.45) is 5.92 Å². The van der Waals surface area contributed by atoms with Crippen LogP contribution in [-0.4, -0.2) is 24.9 Å².